The smallest absolute Gasteiger partial charge is 0.240 e. The van der Waals surface area contributed by atoms with Gasteiger partial charge in [0.1, 0.15) is 17.0 Å². The Morgan fingerprint density at radius 1 is 1.35 bits per heavy atom. The predicted molar refractivity (Wildman–Crippen MR) is 77.3 cm³/mol. The van der Waals surface area contributed by atoms with Crippen molar-refractivity contribution in [2.45, 2.75) is 44.2 Å². The third-order valence-electron chi connectivity index (χ3n) is 4.38. The Hall–Kier alpha value is -1.56. The van der Waals surface area contributed by atoms with Crippen LogP contribution < -0.4 is 16.4 Å². The Morgan fingerprint density at radius 3 is 2.80 bits per heavy atom. The van der Waals surface area contributed by atoms with Gasteiger partial charge >= 0.3 is 0 Å². The van der Waals surface area contributed by atoms with E-state index in [1.165, 1.54) is 6.42 Å². The molecule has 1 aliphatic carbocycles. The topological polar surface area (TPSA) is 98.1 Å². The summed E-state index contributed by atoms with van der Waals surface area (Å²) in [5.41, 5.74) is 11.2. The van der Waals surface area contributed by atoms with Crippen molar-refractivity contribution in [3.63, 3.8) is 0 Å². The first-order chi connectivity index (χ1) is 9.56. The normalized spacial score (nSPS) is 29.2. The van der Waals surface area contributed by atoms with E-state index >= 15 is 0 Å². The summed E-state index contributed by atoms with van der Waals surface area (Å²) < 4.78 is 0. The van der Waals surface area contributed by atoms with E-state index < -0.39 is 0 Å². The molecule has 2 fully saturated rings. The molecule has 1 saturated heterocycles. The lowest BCUT2D eigenvalue weighted by molar-refractivity contribution is -0.119. The minimum absolute atomic E-state index is 0.120. The Labute approximate surface area is 122 Å². The van der Waals surface area contributed by atoms with Crippen LogP contribution in [0.5, 0.6) is 0 Å². The van der Waals surface area contributed by atoms with Crippen LogP contribution in [0.3, 0.4) is 0 Å². The fourth-order valence-corrected chi connectivity index (χ4v) is 3.78. The zero-order valence-corrected chi connectivity index (χ0v) is 11.9. The molecule has 0 spiro atoms. The third-order valence-corrected chi connectivity index (χ3v) is 4.57. The highest BCUT2D eigenvalue weighted by atomic mass is 35.5. The molecule has 2 aliphatic rings. The molecule has 7 heteroatoms. The van der Waals surface area contributed by atoms with Crippen molar-refractivity contribution in [3.8, 4) is 0 Å². The molecule has 4 N–H and O–H groups in total. The molecule has 1 aromatic rings. The van der Waals surface area contributed by atoms with Gasteiger partial charge in [-0.25, -0.2) is 4.98 Å². The van der Waals surface area contributed by atoms with Crippen LogP contribution in [0.1, 0.15) is 32.1 Å². The second kappa shape index (κ2) is 5.09. The maximum absolute atomic E-state index is 11.8. The fourth-order valence-electron chi connectivity index (χ4n) is 3.60. The van der Waals surface area contributed by atoms with E-state index in [9.17, 15) is 4.79 Å². The van der Waals surface area contributed by atoms with Crippen LogP contribution in [0.4, 0.5) is 11.8 Å². The quantitative estimate of drug-likeness (QED) is 0.802. The number of nitrogens with two attached hydrogens (primary N) is 2. The second-order valence-corrected chi connectivity index (χ2v) is 5.97. The highest BCUT2D eigenvalue weighted by molar-refractivity contribution is 6.29. The van der Waals surface area contributed by atoms with E-state index in [-0.39, 0.29) is 23.1 Å². The number of rotatable bonds is 2. The maximum atomic E-state index is 11.8. The van der Waals surface area contributed by atoms with Crippen molar-refractivity contribution in [1.29, 1.82) is 0 Å². The highest BCUT2D eigenvalue weighted by Crippen LogP contribution is 2.42. The standard InChI is InChI=1S/C13H18ClN5O/c14-10-6-11(18-13(16)17-10)19-8-4-2-1-3-7(8)5-9(19)12(15)20/h6-9H,1-5H2,(H2,15,20)(H2,16,17,18)/t7-,8+,9+/m1/s1. The molecular formula is C13H18ClN5O. The summed E-state index contributed by atoms with van der Waals surface area (Å²) in [6, 6.07) is 1.63. The minimum atomic E-state index is -0.325. The number of carbonyl (C=O) groups is 1. The average molecular weight is 296 g/mol. The van der Waals surface area contributed by atoms with Gasteiger partial charge in [0.15, 0.2) is 0 Å². The first-order valence-corrected chi connectivity index (χ1v) is 7.32. The number of primary amides is 1. The van der Waals surface area contributed by atoms with Crippen molar-refractivity contribution in [2.75, 3.05) is 10.6 Å². The largest absolute Gasteiger partial charge is 0.368 e. The Morgan fingerprint density at radius 2 is 2.10 bits per heavy atom. The molecule has 6 nitrogen and oxygen atoms in total. The summed E-state index contributed by atoms with van der Waals surface area (Å²) >= 11 is 5.96. The van der Waals surface area contributed by atoms with Gasteiger partial charge in [0.2, 0.25) is 11.9 Å². The molecule has 1 aliphatic heterocycles. The molecule has 0 unspecified atom stereocenters. The number of anilines is 2. The van der Waals surface area contributed by atoms with Gasteiger partial charge in [-0.2, -0.15) is 4.98 Å². The molecular weight excluding hydrogens is 278 g/mol. The van der Waals surface area contributed by atoms with Crippen LogP contribution in [-0.4, -0.2) is 28.0 Å². The van der Waals surface area contributed by atoms with E-state index in [1.807, 2.05) is 4.90 Å². The number of halogens is 1. The molecule has 20 heavy (non-hydrogen) atoms. The number of nitrogens with zero attached hydrogens (tertiary/aromatic N) is 3. The van der Waals surface area contributed by atoms with Gasteiger partial charge in [0, 0.05) is 12.1 Å². The molecule has 3 atom stereocenters. The van der Waals surface area contributed by atoms with Crippen LogP contribution in [0, 0.1) is 5.92 Å². The summed E-state index contributed by atoms with van der Waals surface area (Å²) in [6.45, 7) is 0. The van der Waals surface area contributed by atoms with E-state index in [1.54, 1.807) is 6.07 Å². The summed E-state index contributed by atoms with van der Waals surface area (Å²) in [4.78, 5) is 21.9. The molecule has 3 rings (SSSR count). The first kappa shape index (κ1) is 13.4. The van der Waals surface area contributed by atoms with Crippen LogP contribution in [-0.2, 0) is 4.79 Å². The number of fused-ring (bicyclic) bond motifs is 1. The maximum Gasteiger partial charge on any atom is 0.240 e. The Balaban J connectivity index is 2.00. The molecule has 0 bridgehead atoms. The van der Waals surface area contributed by atoms with Crippen molar-refractivity contribution in [3.05, 3.63) is 11.2 Å². The number of aromatic nitrogens is 2. The van der Waals surface area contributed by atoms with Gasteiger partial charge in [0.25, 0.3) is 0 Å². The third kappa shape index (κ3) is 2.28. The van der Waals surface area contributed by atoms with E-state index in [2.05, 4.69) is 9.97 Å². The molecule has 0 aromatic carbocycles. The van der Waals surface area contributed by atoms with Crippen molar-refractivity contribution < 1.29 is 4.79 Å². The average Bonchev–Trinajstić information content (AvgIpc) is 2.77. The highest BCUT2D eigenvalue weighted by Gasteiger charge is 2.45. The predicted octanol–water partition coefficient (Wildman–Crippen LogP) is 1.33. The summed E-state index contributed by atoms with van der Waals surface area (Å²) in [5, 5.41) is 0.287. The summed E-state index contributed by atoms with van der Waals surface area (Å²) in [5.74, 6) is 0.916. The van der Waals surface area contributed by atoms with Gasteiger partial charge in [-0.1, -0.05) is 24.4 Å². The number of hydrogen-bond donors (Lipinski definition) is 2. The minimum Gasteiger partial charge on any atom is -0.368 e. The van der Waals surface area contributed by atoms with E-state index in [4.69, 9.17) is 23.1 Å². The Bertz CT molecular complexity index is 517. The van der Waals surface area contributed by atoms with Gasteiger partial charge in [-0.15, -0.1) is 0 Å². The van der Waals surface area contributed by atoms with Crippen molar-refractivity contribution in [2.24, 2.45) is 11.7 Å². The lowest BCUT2D eigenvalue weighted by Gasteiger charge is -2.34. The molecule has 1 aromatic heterocycles. The van der Waals surface area contributed by atoms with Gasteiger partial charge in [-0.05, 0) is 25.2 Å². The van der Waals surface area contributed by atoms with Gasteiger partial charge in [0.05, 0.1) is 0 Å². The van der Waals surface area contributed by atoms with Gasteiger partial charge < -0.3 is 16.4 Å². The monoisotopic (exact) mass is 295 g/mol. The summed E-state index contributed by atoms with van der Waals surface area (Å²) in [6.07, 6.45) is 5.36. The number of nitrogen functional groups attached to an aromatic ring is 1. The number of amides is 1. The van der Waals surface area contributed by atoms with Crippen molar-refractivity contribution >= 4 is 29.3 Å². The Kier molecular flexibility index (Phi) is 3.41. The molecule has 2 heterocycles. The first-order valence-electron chi connectivity index (χ1n) is 6.94. The lowest BCUT2D eigenvalue weighted by Crippen LogP contribution is -2.45. The fraction of sp³-hybridized carbons (Fsp3) is 0.615. The lowest BCUT2D eigenvalue weighted by atomic mass is 9.85. The van der Waals surface area contributed by atoms with Crippen LogP contribution in [0.2, 0.25) is 5.15 Å². The zero-order valence-electron chi connectivity index (χ0n) is 11.1. The van der Waals surface area contributed by atoms with E-state index in [0.717, 1.165) is 25.7 Å². The van der Waals surface area contributed by atoms with Crippen LogP contribution >= 0.6 is 11.6 Å². The zero-order chi connectivity index (χ0) is 14.3. The second-order valence-electron chi connectivity index (χ2n) is 5.58. The summed E-state index contributed by atoms with van der Waals surface area (Å²) in [7, 11) is 0. The van der Waals surface area contributed by atoms with E-state index in [0.29, 0.717) is 17.8 Å². The molecule has 1 saturated carbocycles. The van der Waals surface area contributed by atoms with Gasteiger partial charge in [-0.3, -0.25) is 4.79 Å². The van der Waals surface area contributed by atoms with Crippen LogP contribution in [0.15, 0.2) is 6.07 Å². The SMILES string of the molecule is NC(=O)[C@@H]1C[C@H]2CCCC[C@@H]2N1c1cc(Cl)nc(N)n1. The molecule has 1 amide bonds. The van der Waals surface area contributed by atoms with Crippen LogP contribution in [0.25, 0.3) is 0 Å². The molecule has 108 valence electrons. The molecule has 0 radical (unpaired) electrons. The number of hydrogen-bond acceptors (Lipinski definition) is 5. The van der Waals surface area contributed by atoms with Crippen molar-refractivity contribution in [1.82, 2.24) is 9.97 Å². The number of carbonyl (C=O) groups excluding carboxylic acids is 1.